The lowest BCUT2D eigenvalue weighted by atomic mass is 9.96. The van der Waals surface area contributed by atoms with Crippen molar-refractivity contribution in [1.29, 1.82) is 0 Å². The van der Waals surface area contributed by atoms with Gasteiger partial charge in [-0.1, -0.05) is 11.6 Å². The Morgan fingerprint density at radius 3 is 2.33 bits per heavy atom. The van der Waals surface area contributed by atoms with Gasteiger partial charge in [-0.25, -0.2) is 0 Å². The molecule has 0 spiro atoms. The van der Waals surface area contributed by atoms with Crippen LogP contribution in [-0.2, 0) is 0 Å². The molecule has 118 valence electrons. The van der Waals surface area contributed by atoms with Crippen LogP contribution in [0.25, 0.3) is 0 Å². The molecule has 0 radical (unpaired) electrons. The molecule has 1 aliphatic heterocycles. The number of halogens is 5. The van der Waals surface area contributed by atoms with E-state index in [0.717, 1.165) is 0 Å². The number of piperidine rings is 1. The maximum atomic E-state index is 12.6. The summed E-state index contributed by atoms with van der Waals surface area (Å²) < 4.78 is 37.7. The first-order valence-electron chi connectivity index (χ1n) is 6.20. The Kier molecular flexibility index (Phi) is 5.75. The molecule has 1 heterocycles. The van der Waals surface area contributed by atoms with Gasteiger partial charge in [-0.3, -0.25) is 4.79 Å². The number of hydrogen-bond donors (Lipinski definition) is 1. The number of hydrogen-bond acceptors (Lipinski definition) is 2. The predicted octanol–water partition coefficient (Wildman–Crippen LogP) is 3.76. The zero-order valence-corrected chi connectivity index (χ0v) is 12.6. The third-order valence-corrected chi connectivity index (χ3v) is 3.78. The monoisotopic (exact) mass is 342 g/mol. The van der Waals surface area contributed by atoms with Crippen molar-refractivity contribution in [2.24, 2.45) is 5.92 Å². The van der Waals surface area contributed by atoms with Crippen molar-refractivity contribution in [3.63, 3.8) is 0 Å². The molecule has 0 aromatic heterocycles. The summed E-state index contributed by atoms with van der Waals surface area (Å²) in [5, 5.41) is 0.216. The molecule has 0 saturated carbocycles. The van der Waals surface area contributed by atoms with Crippen LogP contribution in [0.5, 0.6) is 0 Å². The van der Waals surface area contributed by atoms with E-state index in [-0.39, 0.29) is 54.8 Å². The van der Waals surface area contributed by atoms with E-state index in [1.807, 2.05) is 0 Å². The summed E-state index contributed by atoms with van der Waals surface area (Å²) >= 11 is 5.94. The lowest BCUT2D eigenvalue weighted by Crippen LogP contribution is -2.42. The van der Waals surface area contributed by atoms with Gasteiger partial charge in [0.25, 0.3) is 5.91 Å². The molecular formula is C13H15Cl2F3N2O. The first-order chi connectivity index (χ1) is 9.29. The number of anilines is 1. The molecule has 1 aromatic carbocycles. The lowest BCUT2D eigenvalue weighted by molar-refractivity contribution is -0.183. The van der Waals surface area contributed by atoms with E-state index in [1.54, 1.807) is 6.07 Å². The van der Waals surface area contributed by atoms with Crippen LogP contribution >= 0.6 is 24.0 Å². The van der Waals surface area contributed by atoms with E-state index < -0.39 is 12.1 Å². The molecular weight excluding hydrogens is 328 g/mol. The fourth-order valence-electron chi connectivity index (χ4n) is 2.29. The number of amides is 1. The number of likely N-dealkylation sites (tertiary alicyclic amines) is 1. The van der Waals surface area contributed by atoms with E-state index in [1.165, 1.54) is 17.0 Å². The van der Waals surface area contributed by atoms with Crippen molar-refractivity contribution in [3.8, 4) is 0 Å². The third-order valence-electron chi connectivity index (χ3n) is 3.47. The molecule has 3 nitrogen and oxygen atoms in total. The topological polar surface area (TPSA) is 46.3 Å². The molecule has 8 heteroatoms. The van der Waals surface area contributed by atoms with E-state index in [9.17, 15) is 18.0 Å². The Balaban J connectivity index is 0.00000220. The third kappa shape index (κ3) is 4.17. The molecule has 0 aliphatic carbocycles. The molecule has 1 aromatic rings. The van der Waals surface area contributed by atoms with Crippen LogP contribution < -0.4 is 5.73 Å². The minimum absolute atomic E-state index is 0. The van der Waals surface area contributed by atoms with Crippen LogP contribution in [0, 0.1) is 5.92 Å². The summed E-state index contributed by atoms with van der Waals surface area (Å²) in [5.41, 5.74) is 6.24. The van der Waals surface area contributed by atoms with Crippen molar-refractivity contribution in [1.82, 2.24) is 4.90 Å². The van der Waals surface area contributed by atoms with Crippen molar-refractivity contribution in [2.45, 2.75) is 19.0 Å². The number of alkyl halides is 3. The van der Waals surface area contributed by atoms with Crippen molar-refractivity contribution in [3.05, 3.63) is 28.8 Å². The summed E-state index contributed by atoms with van der Waals surface area (Å²) in [6, 6.07) is 4.49. The first kappa shape index (κ1) is 17.9. The molecule has 0 bridgehead atoms. The molecule has 0 unspecified atom stereocenters. The van der Waals surface area contributed by atoms with Crippen LogP contribution in [0.3, 0.4) is 0 Å². The van der Waals surface area contributed by atoms with Gasteiger partial charge in [0.1, 0.15) is 0 Å². The Bertz CT molecular complexity index is 515. The normalized spacial score (nSPS) is 16.5. The molecule has 2 N–H and O–H groups in total. The van der Waals surface area contributed by atoms with E-state index >= 15 is 0 Å². The Morgan fingerprint density at radius 1 is 1.29 bits per heavy atom. The summed E-state index contributed by atoms with van der Waals surface area (Å²) in [4.78, 5) is 13.6. The Labute approximate surface area is 131 Å². The summed E-state index contributed by atoms with van der Waals surface area (Å²) in [6.45, 7) is 0.174. The number of nitrogens with two attached hydrogens (primary N) is 1. The molecule has 21 heavy (non-hydrogen) atoms. The van der Waals surface area contributed by atoms with Gasteiger partial charge in [0.2, 0.25) is 0 Å². The quantitative estimate of drug-likeness (QED) is 0.790. The van der Waals surface area contributed by atoms with E-state index in [2.05, 4.69) is 0 Å². The number of benzene rings is 1. The average Bonchev–Trinajstić information content (AvgIpc) is 2.37. The van der Waals surface area contributed by atoms with E-state index in [4.69, 9.17) is 17.3 Å². The van der Waals surface area contributed by atoms with Crippen LogP contribution in [0.15, 0.2) is 18.2 Å². The highest BCUT2D eigenvalue weighted by Gasteiger charge is 2.41. The zero-order chi connectivity index (χ0) is 14.9. The summed E-state index contributed by atoms with van der Waals surface area (Å²) in [6.07, 6.45) is -4.32. The lowest BCUT2D eigenvalue weighted by Gasteiger charge is -2.33. The number of nitrogens with zero attached hydrogens (tertiary/aromatic N) is 1. The van der Waals surface area contributed by atoms with Crippen LogP contribution in [0.1, 0.15) is 23.2 Å². The van der Waals surface area contributed by atoms with Crippen molar-refractivity contribution in [2.75, 3.05) is 18.8 Å². The van der Waals surface area contributed by atoms with Crippen LogP contribution in [0.4, 0.5) is 18.9 Å². The van der Waals surface area contributed by atoms with Gasteiger partial charge in [-0.2, -0.15) is 13.2 Å². The van der Waals surface area contributed by atoms with Gasteiger partial charge < -0.3 is 10.6 Å². The Morgan fingerprint density at radius 2 is 1.86 bits per heavy atom. The van der Waals surface area contributed by atoms with Crippen molar-refractivity contribution < 1.29 is 18.0 Å². The van der Waals surface area contributed by atoms with Gasteiger partial charge in [-0.15, -0.1) is 12.4 Å². The van der Waals surface area contributed by atoms with Gasteiger partial charge in [-0.05, 0) is 31.0 Å². The minimum Gasteiger partial charge on any atom is -0.399 e. The molecule has 1 aliphatic rings. The largest absolute Gasteiger partial charge is 0.399 e. The van der Waals surface area contributed by atoms with Crippen molar-refractivity contribution >= 4 is 35.6 Å². The van der Waals surface area contributed by atoms with Gasteiger partial charge in [0.15, 0.2) is 0 Å². The van der Waals surface area contributed by atoms with Gasteiger partial charge >= 0.3 is 6.18 Å². The second-order valence-corrected chi connectivity index (χ2v) is 5.25. The highest BCUT2D eigenvalue weighted by Crippen LogP contribution is 2.34. The molecule has 0 atom stereocenters. The molecule has 2 rings (SSSR count). The highest BCUT2D eigenvalue weighted by atomic mass is 35.5. The first-order valence-corrected chi connectivity index (χ1v) is 6.58. The number of nitrogen functional groups attached to an aromatic ring is 1. The second kappa shape index (κ2) is 6.75. The van der Waals surface area contributed by atoms with E-state index in [0.29, 0.717) is 5.69 Å². The summed E-state index contributed by atoms with van der Waals surface area (Å²) in [5.74, 6) is -1.68. The maximum absolute atomic E-state index is 12.6. The number of carbonyl (C=O) groups is 1. The fraction of sp³-hybridized carbons (Fsp3) is 0.462. The van der Waals surface area contributed by atoms with Gasteiger partial charge in [0, 0.05) is 18.8 Å². The fourth-order valence-corrected chi connectivity index (χ4v) is 2.55. The highest BCUT2D eigenvalue weighted by molar-refractivity contribution is 6.34. The Hall–Kier alpha value is -1.14. The minimum atomic E-state index is -4.19. The standard InChI is InChI=1S/C13H14ClF3N2O.ClH/c14-11-7-9(18)1-2-10(11)12(20)19-5-3-8(4-6-19)13(15,16)17;/h1-2,7-8H,3-6,18H2;1H. The molecule has 1 amide bonds. The summed E-state index contributed by atoms with van der Waals surface area (Å²) in [7, 11) is 0. The van der Waals surface area contributed by atoms with Crippen LogP contribution in [0.2, 0.25) is 5.02 Å². The smallest absolute Gasteiger partial charge is 0.391 e. The van der Waals surface area contributed by atoms with Gasteiger partial charge in [0.05, 0.1) is 16.5 Å². The van der Waals surface area contributed by atoms with Crippen LogP contribution in [-0.4, -0.2) is 30.1 Å². The predicted molar refractivity (Wildman–Crippen MR) is 77.8 cm³/mol. The maximum Gasteiger partial charge on any atom is 0.391 e. The number of rotatable bonds is 1. The zero-order valence-electron chi connectivity index (χ0n) is 11.0. The average molecular weight is 343 g/mol. The second-order valence-electron chi connectivity index (χ2n) is 4.85. The number of carbonyl (C=O) groups excluding carboxylic acids is 1. The molecule has 1 fully saturated rings. The molecule has 1 saturated heterocycles. The SMILES string of the molecule is Cl.Nc1ccc(C(=O)N2CCC(C(F)(F)F)CC2)c(Cl)c1.